The zero-order valence-corrected chi connectivity index (χ0v) is 8.90. The number of nitrogens with one attached hydrogen (secondary N) is 2. The Morgan fingerprint density at radius 3 is 2.08 bits per heavy atom. The number of rotatable bonds is 5. The van der Waals surface area contributed by atoms with Gasteiger partial charge in [0, 0.05) is 12.6 Å². The molecule has 0 aliphatic heterocycles. The van der Waals surface area contributed by atoms with Gasteiger partial charge in [-0.1, -0.05) is 13.8 Å². The number of hydrogen-bond donors (Lipinski definition) is 2. The van der Waals surface area contributed by atoms with E-state index < -0.39 is 10.0 Å². The average molecular weight is 194 g/mol. The molecule has 0 aliphatic rings. The van der Waals surface area contributed by atoms with Crippen LogP contribution in [0.1, 0.15) is 20.8 Å². The van der Waals surface area contributed by atoms with Crippen molar-refractivity contribution in [2.75, 3.05) is 13.6 Å². The summed E-state index contributed by atoms with van der Waals surface area (Å²) in [4.78, 5) is 0. The summed E-state index contributed by atoms with van der Waals surface area (Å²) in [6.07, 6.45) is 0. The largest absolute Gasteiger partial charge is 0.313 e. The zero-order chi connectivity index (χ0) is 9.78. The maximum Gasteiger partial charge on any atom is 0.215 e. The van der Waals surface area contributed by atoms with Crippen molar-refractivity contribution in [3.63, 3.8) is 0 Å². The molecule has 0 heterocycles. The average Bonchev–Trinajstić information content (AvgIpc) is 2.00. The summed E-state index contributed by atoms with van der Waals surface area (Å²) in [5, 5.41) is 2.68. The lowest BCUT2D eigenvalue weighted by Crippen LogP contribution is -2.39. The topological polar surface area (TPSA) is 58.2 Å². The Morgan fingerprint density at radius 2 is 1.75 bits per heavy atom. The van der Waals surface area contributed by atoms with Gasteiger partial charge >= 0.3 is 0 Å². The monoisotopic (exact) mass is 194 g/mol. The molecule has 2 N–H and O–H groups in total. The SMILES string of the molecule is CNS(=O)(=O)C(C)CNC(C)C. The minimum atomic E-state index is -3.11. The fourth-order valence-corrected chi connectivity index (χ4v) is 1.43. The van der Waals surface area contributed by atoms with Gasteiger partial charge in [-0.2, -0.15) is 0 Å². The lowest BCUT2D eigenvalue weighted by molar-refractivity contribution is 0.545. The lowest BCUT2D eigenvalue weighted by atomic mass is 10.3. The Hall–Kier alpha value is -0.130. The van der Waals surface area contributed by atoms with Crippen molar-refractivity contribution in [2.24, 2.45) is 0 Å². The van der Waals surface area contributed by atoms with Crippen molar-refractivity contribution in [1.82, 2.24) is 10.0 Å². The molecule has 74 valence electrons. The molecule has 0 fully saturated rings. The minimum Gasteiger partial charge on any atom is -0.313 e. The van der Waals surface area contributed by atoms with Gasteiger partial charge in [0.05, 0.1) is 5.25 Å². The molecule has 0 radical (unpaired) electrons. The zero-order valence-electron chi connectivity index (χ0n) is 8.09. The highest BCUT2D eigenvalue weighted by atomic mass is 32.2. The van der Waals surface area contributed by atoms with Gasteiger partial charge in [-0.3, -0.25) is 0 Å². The van der Waals surface area contributed by atoms with Gasteiger partial charge < -0.3 is 5.32 Å². The van der Waals surface area contributed by atoms with E-state index in [2.05, 4.69) is 10.0 Å². The quantitative estimate of drug-likeness (QED) is 0.643. The summed E-state index contributed by atoms with van der Waals surface area (Å²) < 4.78 is 24.6. The van der Waals surface area contributed by atoms with E-state index in [9.17, 15) is 8.42 Å². The van der Waals surface area contributed by atoms with Gasteiger partial charge in [0.2, 0.25) is 10.0 Å². The molecule has 0 aromatic carbocycles. The second-order valence-electron chi connectivity index (χ2n) is 3.12. The van der Waals surface area contributed by atoms with Crippen molar-refractivity contribution in [3.8, 4) is 0 Å². The summed E-state index contributed by atoms with van der Waals surface area (Å²) in [7, 11) is -1.67. The van der Waals surface area contributed by atoms with Crippen LogP contribution in [-0.2, 0) is 10.0 Å². The van der Waals surface area contributed by atoms with Crippen LogP contribution in [0, 0.1) is 0 Å². The molecule has 0 aromatic rings. The fourth-order valence-electron chi connectivity index (χ4n) is 0.713. The molecule has 0 amide bonds. The van der Waals surface area contributed by atoms with Gasteiger partial charge in [-0.25, -0.2) is 13.1 Å². The summed E-state index contributed by atoms with van der Waals surface area (Å²) in [6.45, 7) is 6.14. The standard InChI is InChI=1S/C7H18N2O2S/c1-6(2)9-5-7(3)12(10,11)8-4/h6-9H,5H2,1-4H3. The van der Waals surface area contributed by atoms with E-state index in [4.69, 9.17) is 0 Å². The van der Waals surface area contributed by atoms with Gasteiger partial charge in [0.25, 0.3) is 0 Å². The van der Waals surface area contributed by atoms with Crippen molar-refractivity contribution in [1.29, 1.82) is 0 Å². The third-order valence-electron chi connectivity index (χ3n) is 1.63. The van der Waals surface area contributed by atoms with Crippen LogP contribution in [0.15, 0.2) is 0 Å². The fraction of sp³-hybridized carbons (Fsp3) is 1.00. The molecular weight excluding hydrogens is 176 g/mol. The smallest absolute Gasteiger partial charge is 0.215 e. The summed E-state index contributed by atoms with van der Waals surface area (Å²) in [6, 6.07) is 0.319. The molecule has 0 rings (SSSR count). The Kier molecular flexibility index (Phi) is 4.74. The van der Waals surface area contributed by atoms with E-state index in [1.807, 2.05) is 13.8 Å². The number of sulfonamides is 1. The molecule has 0 aromatic heterocycles. The second kappa shape index (κ2) is 4.79. The van der Waals surface area contributed by atoms with Crippen molar-refractivity contribution in [3.05, 3.63) is 0 Å². The van der Waals surface area contributed by atoms with Crippen LogP contribution >= 0.6 is 0 Å². The second-order valence-corrected chi connectivity index (χ2v) is 5.43. The summed E-state index contributed by atoms with van der Waals surface area (Å²) >= 11 is 0. The molecule has 1 atom stereocenters. The van der Waals surface area contributed by atoms with Crippen LogP contribution in [0.2, 0.25) is 0 Å². The van der Waals surface area contributed by atoms with Gasteiger partial charge in [0.15, 0.2) is 0 Å². The first-order valence-electron chi connectivity index (χ1n) is 4.06. The highest BCUT2D eigenvalue weighted by Gasteiger charge is 2.17. The first-order chi connectivity index (χ1) is 5.40. The lowest BCUT2D eigenvalue weighted by Gasteiger charge is -2.14. The van der Waals surface area contributed by atoms with Crippen molar-refractivity contribution < 1.29 is 8.42 Å². The van der Waals surface area contributed by atoms with Crippen LogP contribution in [0.4, 0.5) is 0 Å². The van der Waals surface area contributed by atoms with Crippen molar-refractivity contribution >= 4 is 10.0 Å². The van der Waals surface area contributed by atoms with E-state index in [1.54, 1.807) is 6.92 Å². The molecule has 0 bridgehead atoms. The molecule has 12 heavy (non-hydrogen) atoms. The first kappa shape index (κ1) is 11.9. The van der Waals surface area contributed by atoms with Gasteiger partial charge in [-0.05, 0) is 14.0 Å². The van der Waals surface area contributed by atoms with Crippen LogP contribution in [0.5, 0.6) is 0 Å². The highest BCUT2D eigenvalue weighted by molar-refractivity contribution is 7.90. The van der Waals surface area contributed by atoms with Crippen molar-refractivity contribution in [2.45, 2.75) is 32.1 Å². The van der Waals surface area contributed by atoms with Gasteiger partial charge in [0.1, 0.15) is 0 Å². The molecule has 4 nitrogen and oxygen atoms in total. The summed E-state index contributed by atoms with van der Waals surface area (Å²) in [5.74, 6) is 0. The van der Waals surface area contributed by atoms with E-state index in [1.165, 1.54) is 7.05 Å². The maximum absolute atomic E-state index is 11.2. The third kappa shape index (κ3) is 4.04. The van der Waals surface area contributed by atoms with E-state index in [-0.39, 0.29) is 5.25 Å². The Bertz CT molecular complexity index is 211. The minimum absolute atomic E-state index is 0.319. The Morgan fingerprint density at radius 1 is 1.25 bits per heavy atom. The van der Waals surface area contributed by atoms with Crippen LogP contribution in [-0.4, -0.2) is 33.3 Å². The first-order valence-corrected chi connectivity index (χ1v) is 5.60. The molecule has 5 heteroatoms. The van der Waals surface area contributed by atoms with Crippen LogP contribution < -0.4 is 10.0 Å². The predicted molar refractivity (Wildman–Crippen MR) is 50.6 cm³/mol. The van der Waals surface area contributed by atoms with E-state index in [0.717, 1.165) is 0 Å². The van der Waals surface area contributed by atoms with E-state index in [0.29, 0.717) is 12.6 Å². The molecule has 0 saturated carbocycles. The molecule has 0 aliphatic carbocycles. The highest BCUT2D eigenvalue weighted by Crippen LogP contribution is 1.95. The molecule has 0 saturated heterocycles. The van der Waals surface area contributed by atoms with Gasteiger partial charge in [-0.15, -0.1) is 0 Å². The van der Waals surface area contributed by atoms with Crippen LogP contribution in [0.25, 0.3) is 0 Å². The van der Waals surface area contributed by atoms with Crippen LogP contribution in [0.3, 0.4) is 0 Å². The molecular formula is C7H18N2O2S. The Labute approximate surface area is 74.8 Å². The molecule has 0 spiro atoms. The van der Waals surface area contributed by atoms with E-state index >= 15 is 0 Å². The predicted octanol–water partition coefficient (Wildman–Crippen LogP) is -0.0779. The third-order valence-corrected chi connectivity index (χ3v) is 3.42. The number of hydrogen-bond acceptors (Lipinski definition) is 3. The summed E-state index contributed by atoms with van der Waals surface area (Å²) in [5.41, 5.74) is 0. The Balaban J connectivity index is 3.96. The normalized spacial score (nSPS) is 15.1. The molecule has 1 unspecified atom stereocenters. The maximum atomic E-state index is 11.2.